The number of halogens is 1. The van der Waals surface area contributed by atoms with Crippen molar-refractivity contribution in [3.63, 3.8) is 0 Å². The summed E-state index contributed by atoms with van der Waals surface area (Å²) < 4.78 is 23.1. The largest absolute Gasteiger partial charge is 0.369 e. The second kappa shape index (κ2) is 6.15. The van der Waals surface area contributed by atoms with Crippen LogP contribution in [0, 0.1) is 0 Å². The lowest BCUT2D eigenvalue weighted by Crippen LogP contribution is -2.41. The molecular weight excluding hydrogens is 308 g/mol. The van der Waals surface area contributed by atoms with E-state index in [1.54, 1.807) is 0 Å². The van der Waals surface area contributed by atoms with E-state index in [-0.39, 0.29) is 17.0 Å². The fraction of sp³-hybridized carbons (Fsp3) is 0.600. The van der Waals surface area contributed by atoms with Gasteiger partial charge in [0.25, 0.3) is 0 Å². The van der Waals surface area contributed by atoms with Crippen LogP contribution in [-0.4, -0.2) is 38.6 Å². The number of hydrogen-bond donors (Lipinski definition) is 1. The van der Waals surface area contributed by atoms with Gasteiger partial charge < -0.3 is 10.2 Å². The van der Waals surface area contributed by atoms with Crippen molar-refractivity contribution in [2.45, 2.75) is 32.9 Å². The summed E-state index contributed by atoms with van der Waals surface area (Å²) in [4.78, 5) is 2.12. The Morgan fingerprint density at radius 2 is 1.86 bits per heavy atom. The molecule has 1 N–H and O–H groups in total. The summed E-state index contributed by atoms with van der Waals surface area (Å²) in [5, 5.41) is 4.17. The number of hydrogen-bond acceptors (Lipinski definition) is 4. The lowest BCUT2D eigenvalue weighted by Gasteiger charge is -2.31. The highest BCUT2D eigenvalue weighted by atomic mass is 35.5. The van der Waals surface area contributed by atoms with Crippen LogP contribution in [0.5, 0.6) is 0 Å². The van der Waals surface area contributed by atoms with E-state index in [0.717, 1.165) is 16.3 Å². The lowest BCUT2D eigenvalue weighted by molar-refractivity contribution is 0.424. The molecule has 0 atom stereocenters. The van der Waals surface area contributed by atoms with Gasteiger partial charge in [0, 0.05) is 41.4 Å². The van der Waals surface area contributed by atoms with Crippen molar-refractivity contribution in [2.24, 2.45) is 0 Å². The van der Waals surface area contributed by atoms with E-state index < -0.39 is 9.84 Å². The summed E-state index contributed by atoms with van der Waals surface area (Å²) in [6, 6.07) is 5.82. The zero-order valence-electron chi connectivity index (χ0n) is 12.8. The van der Waals surface area contributed by atoms with Gasteiger partial charge in [0.05, 0.1) is 11.5 Å². The molecule has 118 valence electrons. The third kappa shape index (κ3) is 4.59. The molecule has 1 aromatic rings. The van der Waals surface area contributed by atoms with Crippen LogP contribution in [0.25, 0.3) is 0 Å². The van der Waals surface area contributed by atoms with Gasteiger partial charge in [-0.2, -0.15) is 0 Å². The number of benzene rings is 1. The smallest absolute Gasteiger partial charge is 0.153 e. The van der Waals surface area contributed by atoms with Crippen molar-refractivity contribution >= 4 is 27.1 Å². The minimum atomic E-state index is -2.87. The normalized spacial score (nSPS) is 18.8. The topological polar surface area (TPSA) is 49.4 Å². The Bertz CT molecular complexity index is 595. The Morgan fingerprint density at radius 1 is 1.24 bits per heavy atom. The fourth-order valence-electron chi connectivity index (χ4n) is 2.33. The van der Waals surface area contributed by atoms with Gasteiger partial charge in [-0.05, 0) is 32.9 Å². The van der Waals surface area contributed by atoms with Crippen LogP contribution in [0.2, 0.25) is 5.02 Å². The zero-order valence-corrected chi connectivity index (χ0v) is 14.4. The van der Waals surface area contributed by atoms with Gasteiger partial charge in [-0.3, -0.25) is 0 Å². The zero-order chi connectivity index (χ0) is 15.7. The van der Waals surface area contributed by atoms with Crippen LogP contribution in [0.15, 0.2) is 18.2 Å². The predicted octanol–water partition coefficient (Wildman–Crippen LogP) is 2.46. The van der Waals surface area contributed by atoms with Gasteiger partial charge >= 0.3 is 0 Å². The number of anilines is 1. The van der Waals surface area contributed by atoms with E-state index in [0.29, 0.717) is 19.6 Å². The van der Waals surface area contributed by atoms with Crippen molar-refractivity contribution in [1.29, 1.82) is 0 Å². The standard InChI is InChI=1S/C15H23ClN2O2S/c1-15(2,3)17-11-12-13(16)5-4-6-14(12)18-7-9-21(19,20)10-8-18/h4-6,17H,7-11H2,1-3H3. The second-order valence-corrected chi connectivity index (χ2v) is 9.19. The van der Waals surface area contributed by atoms with Crippen LogP contribution in [0.1, 0.15) is 26.3 Å². The summed E-state index contributed by atoms with van der Waals surface area (Å²) in [6.45, 7) is 8.06. The van der Waals surface area contributed by atoms with Crippen LogP contribution in [0.3, 0.4) is 0 Å². The second-order valence-electron chi connectivity index (χ2n) is 6.48. The molecule has 1 aliphatic rings. The molecule has 0 unspecified atom stereocenters. The van der Waals surface area contributed by atoms with Crippen LogP contribution in [0.4, 0.5) is 5.69 Å². The van der Waals surface area contributed by atoms with Crippen molar-refractivity contribution in [3.8, 4) is 0 Å². The Hall–Kier alpha value is -0.780. The van der Waals surface area contributed by atoms with Crippen molar-refractivity contribution < 1.29 is 8.42 Å². The fourth-order valence-corrected chi connectivity index (χ4v) is 3.76. The van der Waals surface area contributed by atoms with E-state index >= 15 is 0 Å². The predicted molar refractivity (Wildman–Crippen MR) is 88.9 cm³/mol. The number of rotatable bonds is 3. The highest BCUT2D eigenvalue weighted by Crippen LogP contribution is 2.29. The molecule has 0 aromatic heterocycles. The van der Waals surface area contributed by atoms with E-state index in [2.05, 4.69) is 31.0 Å². The SMILES string of the molecule is CC(C)(C)NCc1c(Cl)cccc1N1CCS(=O)(=O)CC1. The van der Waals surface area contributed by atoms with Crippen LogP contribution >= 0.6 is 11.6 Å². The van der Waals surface area contributed by atoms with Crippen molar-refractivity contribution in [3.05, 3.63) is 28.8 Å². The Morgan fingerprint density at radius 3 is 2.43 bits per heavy atom. The molecule has 1 fully saturated rings. The molecule has 4 nitrogen and oxygen atoms in total. The summed E-state index contributed by atoms with van der Waals surface area (Å²) in [5.41, 5.74) is 2.07. The maximum absolute atomic E-state index is 11.6. The minimum Gasteiger partial charge on any atom is -0.369 e. The molecule has 0 radical (unpaired) electrons. The van der Waals surface area contributed by atoms with Crippen LogP contribution in [-0.2, 0) is 16.4 Å². The third-order valence-electron chi connectivity index (χ3n) is 3.57. The first-order chi connectivity index (χ1) is 9.68. The molecule has 1 heterocycles. The summed E-state index contributed by atoms with van der Waals surface area (Å²) in [6.07, 6.45) is 0. The maximum atomic E-state index is 11.6. The first-order valence-electron chi connectivity index (χ1n) is 7.16. The average Bonchev–Trinajstić information content (AvgIpc) is 2.36. The van der Waals surface area contributed by atoms with E-state index in [9.17, 15) is 8.42 Å². The summed E-state index contributed by atoms with van der Waals surface area (Å²) in [5.74, 6) is 0.428. The molecular formula is C15H23ClN2O2S. The van der Waals surface area contributed by atoms with Gasteiger partial charge in [-0.15, -0.1) is 0 Å². The van der Waals surface area contributed by atoms with Crippen LogP contribution < -0.4 is 10.2 Å². The molecule has 1 aliphatic heterocycles. The lowest BCUT2D eigenvalue weighted by atomic mass is 10.1. The molecule has 0 saturated carbocycles. The monoisotopic (exact) mass is 330 g/mol. The molecule has 0 aliphatic carbocycles. The third-order valence-corrected chi connectivity index (χ3v) is 5.54. The Labute approximate surface area is 132 Å². The van der Waals surface area contributed by atoms with Crippen molar-refractivity contribution in [1.82, 2.24) is 5.32 Å². The quantitative estimate of drug-likeness (QED) is 0.925. The molecule has 0 spiro atoms. The van der Waals surface area contributed by atoms with Gasteiger partial charge in [-0.1, -0.05) is 17.7 Å². The molecule has 0 bridgehead atoms. The molecule has 1 aromatic carbocycles. The van der Waals surface area contributed by atoms with E-state index in [4.69, 9.17) is 11.6 Å². The summed E-state index contributed by atoms with van der Waals surface area (Å²) >= 11 is 6.35. The highest BCUT2D eigenvalue weighted by molar-refractivity contribution is 7.91. The Kier molecular flexibility index (Phi) is 4.85. The van der Waals surface area contributed by atoms with Gasteiger partial charge in [-0.25, -0.2) is 8.42 Å². The van der Waals surface area contributed by atoms with Gasteiger partial charge in [0.2, 0.25) is 0 Å². The summed E-state index contributed by atoms with van der Waals surface area (Å²) in [7, 11) is -2.87. The number of nitrogens with zero attached hydrogens (tertiary/aromatic N) is 1. The maximum Gasteiger partial charge on any atom is 0.153 e. The highest BCUT2D eigenvalue weighted by Gasteiger charge is 2.24. The van der Waals surface area contributed by atoms with Crippen molar-refractivity contribution in [2.75, 3.05) is 29.5 Å². The number of nitrogens with one attached hydrogen (secondary N) is 1. The molecule has 2 rings (SSSR count). The molecule has 21 heavy (non-hydrogen) atoms. The molecule has 0 amide bonds. The molecule has 1 saturated heterocycles. The average molecular weight is 331 g/mol. The minimum absolute atomic E-state index is 0.00166. The van der Waals surface area contributed by atoms with E-state index in [1.807, 2.05) is 18.2 Å². The first-order valence-corrected chi connectivity index (χ1v) is 9.36. The Balaban J connectivity index is 2.21. The first kappa shape index (κ1) is 16.6. The van der Waals surface area contributed by atoms with E-state index in [1.165, 1.54) is 0 Å². The van der Waals surface area contributed by atoms with Gasteiger partial charge in [0.15, 0.2) is 9.84 Å². The van der Waals surface area contributed by atoms with Gasteiger partial charge in [0.1, 0.15) is 0 Å². The number of sulfone groups is 1. The molecule has 6 heteroatoms.